The fourth-order valence-corrected chi connectivity index (χ4v) is 19.9. The number of benzene rings is 4. The highest BCUT2D eigenvalue weighted by atomic mass is 19.4. The van der Waals surface area contributed by atoms with E-state index in [1.165, 1.54) is 115 Å². The SMILES string of the molecule is Cc1cc(-c2cnc(N)c(Oc3cnn(C(C)c4ccc(C(=O)N(C)C)nc4)c3)n2)cc2c1CCN(C)C2.Cc1cc(-c2cnc(N)c(Oc3cnn(C(C)c4ccnc(C(F)(F)F)c4)c3)n2)cc2c1CCN(C)C2.Cc1cc(-c2cnc(N)c(Oc3cnn(C4CCN(C5CCN(C)CC5)CC4)c3)n2)cc2c1CCN(C)C2.[C-]#[N+]c1ccc(C(C)n2cc(Oc3nc(-c4cc(C)c5c(c4)CN(C)CC5)cnc3N)cn2)cn1. The second-order valence-electron chi connectivity index (χ2n) is 39.5. The van der Waals surface area contributed by atoms with Crippen molar-refractivity contribution in [3.63, 3.8) is 0 Å². The molecule has 0 radical (unpaired) electrons. The monoisotopic (exact) mass is 2000 g/mol. The van der Waals surface area contributed by atoms with Crippen LogP contribution in [-0.4, -0.2) is 242 Å². The van der Waals surface area contributed by atoms with E-state index in [4.69, 9.17) is 58.4 Å². The Morgan fingerprint density at radius 3 is 1.10 bits per heavy atom. The molecule has 6 aliphatic heterocycles. The number of pyridine rings is 3. The molecule has 36 nitrogen and oxygen atoms in total. The predicted molar refractivity (Wildman–Crippen MR) is 560 cm³/mol. The number of likely N-dealkylation sites (tertiary alicyclic amines) is 2. The fourth-order valence-electron chi connectivity index (χ4n) is 19.9. The Morgan fingerprint density at radius 2 is 0.757 bits per heavy atom. The number of amides is 1. The van der Waals surface area contributed by atoms with E-state index in [-0.39, 0.29) is 58.9 Å². The van der Waals surface area contributed by atoms with Gasteiger partial charge in [-0.1, -0.05) is 18.7 Å². The molecule has 1 amide bonds. The van der Waals surface area contributed by atoms with Gasteiger partial charge in [0.1, 0.15) is 17.6 Å². The zero-order chi connectivity index (χ0) is 104. The van der Waals surface area contributed by atoms with Gasteiger partial charge in [0.25, 0.3) is 35.2 Å². The van der Waals surface area contributed by atoms with Gasteiger partial charge in [0.05, 0.1) is 121 Å². The number of fused-ring (bicyclic) bond motifs is 4. The molecule has 17 heterocycles. The van der Waals surface area contributed by atoms with Gasteiger partial charge in [-0.05, 0) is 299 Å². The van der Waals surface area contributed by atoms with E-state index in [1.54, 1.807) is 117 Å². The number of rotatable bonds is 21. The highest BCUT2D eigenvalue weighted by molar-refractivity contribution is 5.92. The standard InChI is InChI=1S/C29H40N8O.C28H32N8O2.C26H26F3N7O.C26H26N8O/c1-20-14-21(15-22-18-35(3)11-8-26(20)22)27-17-31-28(30)29(33-27)38-25-16-32-37(19-25)24-6-12-36(13-7-24)23-4-9-34(2)10-5-23;1-17-10-20(11-21-15-35(5)9-8-23(17)21)25-14-31-26(29)27(33-25)38-22-13-32-36(16-22)18(2)19-6-7-24(30-12-19)28(37)34(3)4;1-15-8-18(9-19-13-35(3)7-5-21(15)19)22-12-32-24(30)25(34-22)37-20-11-33-36(14-20)16(2)17-4-6-31-23(10-17)26(27,28)29;1-16-9-19(10-20-14-33(4)8-7-22(16)20)23-13-30-25(27)26(32-23)35-21-12-31-34(15-21)17(2)18-5-6-24(28-3)29-11-18/h14-17,19,23-24H,4-13,18H2,1-3H3,(H2,30,31);6-7,10-14,16,18H,8-9,15H2,1-5H3,(H2,29,31);4,6,8-12,14,16H,5,7,13H2,1-3H3,(H2,30,32);5-6,9-13,15,17H,7-8,14H2,1-2,4H3,(H2,27,30). The van der Waals surface area contributed by atoms with Gasteiger partial charge < -0.3 is 81.0 Å². The first kappa shape index (κ1) is 102. The summed E-state index contributed by atoms with van der Waals surface area (Å²) in [6, 6.07) is 27.5. The molecule has 6 aliphatic rings. The molecule has 15 aromatic rings. The Morgan fingerprint density at radius 1 is 0.405 bits per heavy atom. The first-order chi connectivity index (χ1) is 71.1. The van der Waals surface area contributed by atoms with Gasteiger partial charge in [0.15, 0.2) is 46.3 Å². The molecule has 0 spiro atoms. The summed E-state index contributed by atoms with van der Waals surface area (Å²) in [5, 5.41) is 17.8. The number of carbonyl (C=O) groups is 1. The summed E-state index contributed by atoms with van der Waals surface area (Å²) in [7, 11) is 14.2. The molecule has 2 fully saturated rings. The molecule has 766 valence electrons. The van der Waals surface area contributed by atoms with Gasteiger partial charge in [0.2, 0.25) is 0 Å². The van der Waals surface area contributed by atoms with E-state index >= 15 is 0 Å². The molecule has 39 heteroatoms. The third-order valence-electron chi connectivity index (χ3n) is 28.5. The van der Waals surface area contributed by atoms with Crippen LogP contribution in [0.4, 0.5) is 42.3 Å². The van der Waals surface area contributed by atoms with Crippen molar-refractivity contribution in [2.24, 2.45) is 0 Å². The number of hydrogen-bond donors (Lipinski definition) is 4. The molecule has 8 N–H and O–H groups in total. The third-order valence-corrected chi connectivity index (χ3v) is 28.5. The van der Waals surface area contributed by atoms with E-state index in [0.29, 0.717) is 69.1 Å². The zero-order valence-corrected chi connectivity index (χ0v) is 85.8. The Bertz CT molecular complexity index is 7350. The average molecular weight is 2010 g/mol. The lowest BCUT2D eigenvalue weighted by atomic mass is 9.92. The topological polar surface area (TPSA) is 398 Å². The molecule has 21 rings (SSSR count). The smallest absolute Gasteiger partial charge is 0.433 e. The van der Waals surface area contributed by atoms with E-state index in [9.17, 15) is 18.0 Å². The number of nitrogens with two attached hydrogens (primary N) is 4. The predicted octanol–water partition coefficient (Wildman–Crippen LogP) is 17.1. The number of alkyl halides is 3. The summed E-state index contributed by atoms with van der Waals surface area (Å²) >= 11 is 0. The van der Waals surface area contributed by atoms with Gasteiger partial charge in [-0.15, -0.1) is 4.98 Å². The van der Waals surface area contributed by atoms with Crippen LogP contribution in [0.1, 0.15) is 170 Å². The van der Waals surface area contributed by atoms with Crippen LogP contribution >= 0.6 is 0 Å². The number of hydrogen-bond acceptors (Lipinski definition) is 30. The van der Waals surface area contributed by atoms with Crippen LogP contribution in [0.15, 0.2) is 178 Å². The number of piperidine rings is 2. The van der Waals surface area contributed by atoms with Gasteiger partial charge >= 0.3 is 6.18 Å². The Labute approximate surface area is 858 Å². The van der Waals surface area contributed by atoms with Crippen molar-refractivity contribution in [3.05, 3.63) is 284 Å². The summed E-state index contributed by atoms with van der Waals surface area (Å²) in [4.78, 5) is 79.3. The number of carbonyl (C=O) groups excluding carboxylic acids is 1. The normalized spacial score (nSPS) is 16.0. The summed E-state index contributed by atoms with van der Waals surface area (Å²) in [6.45, 7) is 33.9. The second-order valence-corrected chi connectivity index (χ2v) is 39.5. The second kappa shape index (κ2) is 44.4. The number of ether oxygens (including phenoxy) is 4. The van der Waals surface area contributed by atoms with E-state index in [2.05, 4.69) is 216 Å². The molecular formula is C109H124F3N31O5. The molecule has 0 saturated carbocycles. The Hall–Kier alpha value is -15.6. The number of nitrogens with zero attached hydrogens (tertiary/aromatic N) is 27. The van der Waals surface area contributed by atoms with Crippen LogP contribution in [-0.2, 0) is 58.0 Å². The van der Waals surface area contributed by atoms with E-state index in [0.717, 1.165) is 161 Å². The van der Waals surface area contributed by atoms with Crippen LogP contribution in [0.2, 0.25) is 0 Å². The number of aryl methyl sites for hydroxylation is 4. The largest absolute Gasteiger partial charge is 0.433 e. The molecular weight excluding hydrogens is 1880 g/mol. The molecule has 3 unspecified atom stereocenters. The van der Waals surface area contributed by atoms with Gasteiger partial charge in [-0.3, -0.25) is 33.5 Å². The summed E-state index contributed by atoms with van der Waals surface area (Å²) in [6.07, 6.45) is 29.2. The Balaban J connectivity index is 0.000000129. The minimum Gasteiger partial charge on any atom is -0.433 e. The van der Waals surface area contributed by atoms with E-state index < -0.39 is 17.9 Å². The summed E-state index contributed by atoms with van der Waals surface area (Å²) < 4.78 is 70.3. The van der Waals surface area contributed by atoms with Gasteiger partial charge in [0, 0.05) is 126 Å². The number of nitrogen functional groups attached to an aromatic ring is 4. The first-order valence-corrected chi connectivity index (χ1v) is 49.7. The zero-order valence-electron chi connectivity index (χ0n) is 85.8. The number of aromatic nitrogens is 19. The Kier molecular flexibility index (Phi) is 30.7. The molecule has 3 atom stereocenters. The van der Waals surface area contributed by atoms with Crippen molar-refractivity contribution in [1.82, 2.24) is 128 Å². The minimum atomic E-state index is -4.53. The highest BCUT2D eigenvalue weighted by Crippen LogP contribution is 2.41. The maximum Gasteiger partial charge on any atom is 0.433 e. The molecule has 148 heavy (non-hydrogen) atoms. The third kappa shape index (κ3) is 23.9. The van der Waals surface area contributed by atoms with E-state index in [1.807, 2.05) is 32.2 Å². The molecule has 0 bridgehead atoms. The van der Waals surface area contributed by atoms with Crippen LogP contribution in [0.3, 0.4) is 0 Å². The maximum absolute atomic E-state index is 13.1. The van der Waals surface area contributed by atoms with Crippen molar-refractivity contribution >= 4 is 35.0 Å². The lowest BCUT2D eigenvalue weighted by Crippen LogP contribution is -2.47. The highest BCUT2D eigenvalue weighted by Gasteiger charge is 2.35. The summed E-state index contributed by atoms with van der Waals surface area (Å²) in [5.74, 6) is 3.92. The van der Waals surface area contributed by atoms with Crippen LogP contribution in [0.5, 0.6) is 46.5 Å². The van der Waals surface area contributed by atoms with Gasteiger partial charge in [-0.25, -0.2) is 39.9 Å². The van der Waals surface area contributed by atoms with Crippen LogP contribution < -0.4 is 41.9 Å². The van der Waals surface area contributed by atoms with Crippen molar-refractivity contribution in [2.45, 2.75) is 162 Å². The lowest BCUT2D eigenvalue weighted by molar-refractivity contribution is -0.141. The number of anilines is 4. The number of halogens is 3. The van der Waals surface area contributed by atoms with Crippen molar-refractivity contribution < 1.29 is 36.9 Å². The lowest BCUT2D eigenvalue weighted by Gasteiger charge is -2.41. The first-order valence-electron chi connectivity index (χ1n) is 49.7. The molecule has 0 aliphatic carbocycles. The molecule has 11 aromatic heterocycles. The average Bonchev–Trinajstić information content (AvgIpc) is 1.25. The van der Waals surface area contributed by atoms with Gasteiger partial charge in [-0.2, -0.15) is 33.6 Å². The quantitative estimate of drug-likeness (QED) is 0.0485. The molecule has 4 aromatic carbocycles. The van der Waals surface area contributed by atoms with Crippen molar-refractivity contribution in [1.29, 1.82) is 0 Å². The summed E-state index contributed by atoms with van der Waals surface area (Å²) in [5.41, 5.74) is 48.8. The molecule has 2 saturated heterocycles. The van der Waals surface area contributed by atoms with Crippen LogP contribution in [0, 0.1) is 34.3 Å². The van der Waals surface area contributed by atoms with Crippen LogP contribution in [0.25, 0.3) is 49.9 Å². The number of likely N-dealkylation sites (N-methyl/N-ethyl adjacent to an activating group) is 4. The fraction of sp³-hybridized carbons (Fsp3) is 0.367. The minimum absolute atomic E-state index is 0.0917. The maximum atomic E-state index is 13.1. The van der Waals surface area contributed by atoms with Crippen molar-refractivity contribution in [3.8, 4) is 91.5 Å². The van der Waals surface area contributed by atoms with Crippen molar-refractivity contribution in [2.75, 3.05) is 125 Å².